The van der Waals surface area contributed by atoms with Gasteiger partial charge in [-0.15, -0.1) is 0 Å². The van der Waals surface area contributed by atoms with Crippen molar-refractivity contribution in [3.8, 4) is 0 Å². The molecule has 0 aromatic carbocycles. The summed E-state index contributed by atoms with van der Waals surface area (Å²) in [5.74, 6) is -0.590. The van der Waals surface area contributed by atoms with E-state index in [-0.39, 0.29) is 12.1 Å². The highest BCUT2D eigenvalue weighted by atomic mass is 16.5. The second-order valence-corrected chi connectivity index (χ2v) is 5.19. The fourth-order valence-electron chi connectivity index (χ4n) is 2.34. The zero-order valence-electron chi connectivity index (χ0n) is 11.9. The Morgan fingerprint density at radius 2 is 2.21 bits per heavy atom. The van der Waals surface area contributed by atoms with E-state index in [0.29, 0.717) is 25.5 Å². The van der Waals surface area contributed by atoms with Crippen molar-refractivity contribution in [1.29, 1.82) is 0 Å². The van der Waals surface area contributed by atoms with Crippen molar-refractivity contribution in [3.05, 3.63) is 0 Å². The summed E-state index contributed by atoms with van der Waals surface area (Å²) < 4.78 is 5.02. The maximum Gasteiger partial charge on any atom is 0.326 e. The van der Waals surface area contributed by atoms with Crippen LogP contribution < -0.4 is 5.32 Å². The molecule has 0 aromatic heterocycles. The highest BCUT2D eigenvalue weighted by Gasteiger charge is 2.35. The lowest BCUT2D eigenvalue weighted by molar-refractivity contribution is -0.143. The van der Waals surface area contributed by atoms with E-state index in [1.165, 1.54) is 4.90 Å². The third-order valence-corrected chi connectivity index (χ3v) is 3.60. The van der Waals surface area contributed by atoms with Crippen LogP contribution in [0.15, 0.2) is 0 Å². The number of methoxy groups -OCH3 is 1. The molecule has 0 bridgehead atoms. The van der Waals surface area contributed by atoms with Crippen molar-refractivity contribution >= 4 is 12.0 Å². The van der Waals surface area contributed by atoms with Crippen LogP contribution in [0.1, 0.15) is 33.1 Å². The van der Waals surface area contributed by atoms with Gasteiger partial charge in [-0.3, -0.25) is 0 Å². The summed E-state index contributed by atoms with van der Waals surface area (Å²) in [4.78, 5) is 24.8. The van der Waals surface area contributed by atoms with E-state index >= 15 is 0 Å². The fourth-order valence-corrected chi connectivity index (χ4v) is 2.34. The number of hydrogen-bond acceptors (Lipinski definition) is 3. The standard InChI is InChI=1S/C13H24N2O4/c1-4-10(8-19-3)14-13(18)15-6-5-9(2)7-11(15)12(16)17/h9-11H,4-8H2,1-3H3,(H,14,18)(H,16,17). The molecule has 0 aliphatic carbocycles. The van der Waals surface area contributed by atoms with Gasteiger partial charge in [-0.1, -0.05) is 13.8 Å². The average Bonchev–Trinajstić information content (AvgIpc) is 2.37. The van der Waals surface area contributed by atoms with Gasteiger partial charge in [0.2, 0.25) is 0 Å². The van der Waals surface area contributed by atoms with Crippen LogP contribution >= 0.6 is 0 Å². The molecule has 1 aliphatic heterocycles. The molecule has 6 heteroatoms. The number of carboxylic acids is 1. The van der Waals surface area contributed by atoms with Gasteiger partial charge in [-0.25, -0.2) is 9.59 Å². The number of aliphatic carboxylic acids is 1. The summed E-state index contributed by atoms with van der Waals surface area (Å²) in [5, 5.41) is 12.1. The van der Waals surface area contributed by atoms with Crippen LogP contribution in [-0.2, 0) is 9.53 Å². The van der Waals surface area contributed by atoms with Gasteiger partial charge in [-0.05, 0) is 25.2 Å². The minimum Gasteiger partial charge on any atom is -0.480 e. The Morgan fingerprint density at radius 3 is 2.74 bits per heavy atom. The molecule has 1 heterocycles. The first-order chi connectivity index (χ1) is 8.99. The van der Waals surface area contributed by atoms with Gasteiger partial charge in [0, 0.05) is 13.7 Å². The average molecular weight is 272 g/mol. The quantitative estimate of drug-likeness (QED) is 0.791. The topological polar surface area (TPSA) is 78.9 Å². The Balaban J connectivity index is 2.65. The molecule has 0 aromatic rings. The lowest BCUT2D eigenvalue weighted by Crippen LogP contribution is -2.55. The first-order valence-electron chi connectivity index (χ1n) is 6.78. The summed E-state index contributed by atoms with van der Waals surface area (Å²) in [6.45, 7) is 4.90. The van der Waals surface area contributed by atoms with Crippen LogP contribution in [0.25, 0.3) is 0 Å². The number of piperidine rings is 1. The van der Waals surface area contributed by atoms with E-state index in [1.807, 2.05) is 13.8 Å². The summed E-state index contributed by atoms with van der Waals surface area (Å²) >= 11 is 0. The molecule has 6 nitrogen and oxygen atoms in total. The summed E-state index contributed by atoms with van der Waals surface area (Å²) in [6.07, 6.45) is 2.11. The van der Waals surface area contributed by atoms with Gasteiger partial charge in [-0.2, -0.15) is 0 Å². The number of carbonyl (C=O) groups is 2. The molecule has 1 fully saturated rings. The predicted molar refractivity (Wildman–Crippen MR) is 71.0 cm³/mol. The third-order valence-electron chi connectivity index (χ3n) is 3.60. The Kier molecular flexibility index (Phi) is 6.08. The Morgan fingerprint density at radius 1 is 1.53 bits per heavy atom. The SMILES string of the molecule is CCC(COC)NC(=O)N1CCC(C)CC1C(=O)O. The van der Waals surface area contributed by atoms with Crippen LogP contribution in [0.5, 0.6) is 0 Å². The molecule has 3 atom stereocenters. The molecular formula is C13H24N2O4. The molecule has 3 unspecified atom stereocenters. The highest BCUT2D eigenvalue weighted by Crippen LogP contribution is 2.22. The Bertz CT molecular complexity index is 322. The predicted octanol–water partition coefficient (Wildman–Crippen LogP) is 1.31. The number of carbonyl (C=O) groups excluding carboxylic acids is 1. The molecule has 0 radical (unpaired) electrons. The van der Waals surface area contributed by atoms with Gasteiger partial charge in [0.25, 0.3) is 0 Å². The van der Waals surface area contributed by atoms with Crippen LogP contribution in [0.3, 0.4) is 0 Å². The maximum atomic E-state index is 12.2. The van der Waals surface area contributed by atoms with Gasteiger partial charge in [0.1, 0.15) is 6.04 Å². The monoisotopic (exact) mass is 272 g/mol. The molecule has 1 aliphatic rings. The molecule has 0 spiro atoms. The van der Waals surface area contributed by atoms with Crippen molar-refractivity contribution < 1.29 is 19.4 Å². The number of urea groups is 1. The summed E-state index contributed by atoms with van der Waals surface area (Å²) in [7, 11) is 1.58. The molecule has 2 amide bonds. The first kappa shape index (κ1) is 15.8. The van der Waals surface area contributed by atoms with E-state index in [9.17, 15) is 14.7 Å². The van der Waals surface area contributed by atoms with Crippen LogP contribution in [0.2, 0.25) is 0 Å². The minimum atomic E-state index is -0.929. The van der Waals surface area contributed by atoms with Crippen molar-refractivity contribution in [2.45, 2.75) is 45.2 Å². The van der Waals surface area contributed by atoms with Crippen molar-refractivity contribution in [3.63, 3.8) is 0 Å². The van der Waals surface area contributed by atoms with E-state index in [0.717, 1.165) is 12.8 Å². The smallest absolute Gasteiger partial charge is 0.326 e. The Labute approximate surface area is 114 Å². The number of amides is 2. The number of likely N-dealkylation sites (tertiary alicyclic amines) is 1. The molecule has 1 rings (SSSR count). The van der Waals surface area contributed by atoms with Crippen molar-refractivity contribution in [2.75, 3.05) is 20.3 Å². The zero-order valence-corrected chi connectivity index (χ0v) is 11.9. The normalized spacial score (nSPS) is 24.9. The number of ether oxygens (including phenoxy) is 1. The maximum absolute atomic E-state index is 12.2. The molecular weight excluding hydrogens is 248 g/mol. The number of nitrogens with one attached hydrogen (secondary N) is 1. The van der Waals surface area contributed by atoms with Crippen molar-refractivity contribution in [2.24, 2.45) is 5.92 Å². The molecule has 110 valence electrons. The van der Waals surface area contributed by atoms with Crippen LogP contribution in [0.4, 0.5) is 4.79 Å². The lowest BCUT2D eigenvalue weighted by atomic mass is 9.93. The van der Waals surface area contributed by atoms with E-state index in [4.69, 9.17) is 4.74 Å². The van der Waals surface area contributed by atoms with Gasteiger partial charge < -0.3 is 20.1 Å². The third kappa shape index (κ3) is 4.38. The first-order valence-corrected chi connectivity index (χ1v) is 6.78. The van der Waals surface area contributed by atoms with Gasteiger partial charge >= 0.3 is 12.0 Å². The molecule has 19 heavy (non-hydrogen) atoms. The number of carboxylic acid groups (broad SMARTS) is 1. The van der Waals surface area contributed by atoms with Crippen LogP contribution in [0, 0.1) is 5.92 Å². The van der Waals surface area contributed by atoms with Gasteiger partial charge in [0.05, 0.1) is 12.6 Å². The van der Waals surface area contributed by atoms with Crippen molar-refractivity contribution in [1.82, 2.24) is 10.2 Å². The largest absolute Gasteiger partial charge is 0.480 e. The molecule has 2 N–H and O–H groups in total. The number of hydrogen-bond donors (Lipinski definition) is 2. The summed E-state index contributed by atoms with van der Waals surface area (Å²) in [5.41, 5.74) is 0. The second-order valence-electron chi connectivity index (χ2n) is 5.19. The Hall–Kier alpha value is -1.30. The minimum absolute atomic E-state index is 0.0775. The lowest BCUT2D eigenvalue weighted by Gasteiger charge is -2.36. The van der Waals surface area contributed by atoms with E-state index < -0.39 is 12.0 Å². The molecule has 0 saturated carbocycles. The fraction of sp³-hybridized carbons (Fsp3) is 0.846. The zero-order chi connectivity index (χ0) is 14.4. The number of nitrogens with zero attached hydrogens (tertiary/aromatic N) is 1. The van der Waals surface area contributed by atoms with E-state index in [1.54, 1.807) is 7.11 Å². The van der Waals surface area contributed by atoms with Crippen LogP contribution in [-0.4, -0.2) is 54.4 Å². The second kappa shape index (κ2) is 7.33. The number of rotatable bonds is 5. The summed E-state index contributed by atoms with van der Waals surface area (Å²) in [6, 6.07) is -1.10. The van der Waals surface area contributed by atoms with Gasteiger partial charge in [0.15, 0.2) is 0 Å². The van der Waals surface area contributed by atoms with E-state index in [2.05, 4.69) is 5.32 Å². The molecule has 1 saturated heterocycles. The highest BCUT2D eigenvalue weighted by molar-refractivity contribution is 5.83.